The monoisotopic (exact) mass is 297 g/mol. The highest BCUT2D eigenvalue weighted by Gasteiger charge is 2.10. The van der Waals surface area contributed by atoms with Gasteiger partial charge >= 0.3 is 0 Å². The van der Waals surface area contributed by atoms with Gasteiger partial charge in [0.15, 0.2) is 0 Å². The Morgan fingerprint density at radius 2 is 1.89 bits per heavy atom. The Kier molecular flexibility index (Phi) is 3.78. The van der Waals surface area contributed by atoms with Crippen LogP contribution in [0.3, 0.4) is 0 Å². The summed E-state index contributed by atoms with van der Waals surface area (Å²) < 4.78 is 0. The lowest BCUT2D eigenvalue weighted by atomic mass is 10.2. The van der Waals surface area contributed by atoms with E-state index in [1.807, 2.05) is 0 Å². The van der Waals surface area contributed by atoms with Gasteiger partial charge in [-0.05, 0) is 18.2 Å². The van der Waals surface area contributed by atoms with Crippen molar-refractivity contribution in [1.82, 2.24) is 0 Å². The Morgan fingerprint density at radius 3 is 2.53 bits per heavy atom. The van der Waals surface area contributed by atoms with E-state index in [-0.39, 0.29) is 11.4 Å². The van der Waals surface area contributed by atoms with E-state index >= 15 is 0 Å². The summed E-state index contributed by atoms with van der Waals surface area (Å²) in [7, 11) is 0. The second-order valence-electron chi connectivity index (χ2n) is 3.76. The molecule has 0 radical (unpaired) electrons. The highest BCUT2D eigenvalue weighted by molar-refractivity contribution is 6.43. The van der Waals surface area contributed by atoms with Crippen LogP contribution in [-0.4, -0.2) is 4.92 Å². The molecule has 0 aliphatic carbocycles. The van der Waals surface area contributed by atoms with Gasteiger partial charge in [0.2, 0.25) is 0 Å². The Labute approximate surface area is 119 Å². The Morgan fingerprint density at radius 1 is 1.16 bits per heavy atom. The summed E-state index contributed by atoms with van der Waals surface area (Å²) in [6, 6.07) is 9.28. The number of halogens is 2. The van der Waals surface area contributed by atoms with E-state index in [9.17, 15) is 10.1 Å². The van der Waals surface area contributed by atoms with Crippen molar-refractivity contribution in [2.45, 2.75) is 0 Å². The number of nitrogens with two attached hydrogens (primary N) is 1. The van der Waals surface area contributed by atoms with Crippen molar-refractivity contribution < 1.29 is 4.92 Å². The van der Waals surface area contributed by atoms with Crippen LogP contribution in [-0.2, 0) is 0 Å². The average Bonchev–Trinajstić information content (AvgIpc) is 2.37. The number of non-ortho nitro benzene ring substituents is 1. The van der Waals surface area contributed by atoms with Gasteiger partial charge in [0.1, 0.15) is 0 Å². The van der Waals surface area contributed by atoms with Gasteiger partial charge in [-0.15, -0.1) is 0 Å². The smallest absolute Gasteiger partial charge is 0.271 e. The van der Waals surface area contributed by atoms with Crippen molar-refractivity contribution in [3.8, 4) is 0 Å². The molecule has 0 atom stereocenters. The first-order valence-electron chi connectivity index (χ1n) is 5.24. The number of nitro benzene ring substituents is 1. The Bertz CT molecular complexity index is 647. The van der Waals surface area contributed by atoms with Crippen LogP contribution in [0.15, 0.2) is 36.4 Å². The molecule has 19 heavy (non-hydrogen) atoms. The molecule has 0 aromatic heterocycles. The molecule has 0 aliphatic rings. The van der Waals surface area contributed by atoms with E-state index in [1.165, 1.54) is 18.2 Å². The second kappa shape index (κ2) is 5.34. The number of hydrogen-bond acceptors (Lipinski definition) is 4. The zero-order valence-corrected chi connectivity index (χ0v) is 11.1. The summed E-state index contributed by atoms with van der Waals surface area (Å²) in [5, 5.41) is 14.4. The van der Waals surface area contributed by atoms with Gasteiger partial charge in [0.05, 0.1) is 32.0 Å². The lowest BCUT2D eigenvalue weighted by molar-refractivity contribution is -0.384. The van der Waals surface area contributed by atoms with Crippen LogP contribution < -0.4 is 11.1 Å². The van der Waals surface area contributed by atoms with Gasteiger partial charge in [-0.1, -0.05) is 29.3 Å². The van der Waals surface area contributed by atoms with Crippen LogP contribution in [0, 0.1) is 10.1 Å². The minimum atomic E-state index is -0.507. The molecule has 5 nitrogen and oxygen atoms in total. The summed E-state index contributed by atoms with van der Waals surface area (Å²) >= 11 is 11.9. The van der Waals surface area contributed by atoms with Crippen molar-refractivity contribution in [2.75, 3.05) is 11.1 Å². The quantitative estimate of drug-likeness (QED) is 0.505. The molecule has 0 unspecified atom stereocenters. The molecular weight excluding hydrogens is 289 g/mol. The van der Waals surface area contributed by atoms with Crippen molar-refractivity contribution in [3.63, 3.8) is 0 Å². The van der Waals surface area contributed by atoms with E-state index < -0.39 is 4.92 Å². The maximum absolute atomic E-state index is 10.6. The van der Waals surface area contributed by atoms with E-state index in [2.05, 4.69) is 5.32 Å². The molecule has 2 aromatic rings. The first-order valence-corrected chi connectivity index (χ1v) is 5.99. The fraction of sp³-hybridized carbons (Fsp3) is 0. The number of benzene rings is 2. The molecule has 0 aliphatic heterocycles. The Balaban J connectivity index is 2.34. The summed E-state index contributed by atoms with van der Waals surface area (Å²) in [6.45, 7) is 0. The molecule has 7 heteroatoms. The molecule has 0 heterocycles. The van der Waals surface area contributed by atoms with Crippen molar-refractivity contribution in [3.05, 3.63) is 56.6 Å². The van der Waals surface area contributed by atoms with Crippen LogP contribution >= 0.6 is 23.2 Å². The lowest BCUT2D eigenvalue weighted by Crippen LogP contribution is -1.98. The molecule has 2 rings (SSSR count). The number of anilines is 3. The summed E-state index contributed by atoms with van der Waals surface area (Å²) in [5.41, 5.74) is 7.04. The molecule has 98 valence electrons. The Hall–Kier alpha value is -1.98. The number of nitrogens with one attached hydrogen (secondary N) is 1. The maximum atomic E-state index is 10.6. The van der Waals surface area contributed by atoms with E-state index in [0.717, 1.165) is 0 Å². The fourth-order valence-electron chi connectivity index (χ4n) is 1.52. The van der Waals surface area contributed by atoms with Crippen molar-refractivity contribution >= 4 is 46.0 Å². The molecule has 0 amide bonds. The minimum absolute atomic E-state index is 0.0692. The SMILES string of the molecule is Nc1cc([N+](=O)[O-])ccc1Nc1cccc(Cl)c1Cl. The first kappa shape index (κ1) is 13.5. The number of nitro groups is 1. The molecule has 3 N–H and O–H groups in total. The van der Waals surface area contributed by atoms with Gasteiger partial charge < -0.3 is 11.1 Å². The zero-order valence-electron chi connectivity index (χ0n) is 9.56. The van der Waals surface area contributed by atoms with Gasteiger partial charge in [0.25, 0.3) is 5.69 Å². The largest absolute Gasteiger partial charge is 0.397 e. The fourth-order valence-corrected chi connectivity index (χ4v) is 1.87. The molecular formula is C12H9Cl2N3O2. The third kappa shape index (κ3) is 2.89. The zero-order chi connectivity index (χ0) is 14.0. The van der Waals surface area contributed by atoms with E-state index in [1.54, 1.807) is 18.2 Å². The van der Waals surface area contributed by atoms with Crippen molar-refractivity contribution in [2.24, 2.45) is 0 Å². The van der Waals surface area contributed by atoms with E-state index in [0.29, 0.717) is 21.4 Å². The van der Waals surface area contributed by atoms with Crippen LogP contribution in [0.2, 0.25) is 10.0 Å². The van der Waals surface area contributed by atoms with Gasteiger partial charge in [-0.25, -0.2) is 0 Å². The molecule has 0 spiro atoms. The van der Waals surface area contributed by atoms with Crippen LogP contribution in [0.25, 0.3) is 0 Å². The average molecular weight is 298 g/mol. The summed E-state index contributed by atoms with van der Waals surface area (Å²) in [5.74, 6) is 0. The third-order valence-corrected chi connectivity index (χ3v) is 3.29. The highest BCUT2D eigenvalue weighted by atomic mass is 35.5. The van der Waals surface area contributed by atoms with Crippen LogP contribution in [0.4, 0.5) is 22.7 Å². The first-order chi connectivity index (χ1) is 8.99. The second-order valence-corrected chi connectivity index (χ2v) is 4.54. The summed E-state index contributed by atoms with van der Waals surface area (Å²) in [6.07, 6.45) is 0. The van der Waals surface area contributed by atoms with E-state index in [4.69, 9.17) is 28.9 Å². The maximum Gasteiger partial charge on any atom is 0.271 e. The molecule has 0 saturated heterocycles. The molecule has 0 bridgehead atoms. The number of nitrogen functional groups attached to an aromatic ring is 1. The lowest BCUT2D eigenvalue weighted by Gasteiger charge is -2.11. The third-order valence-electron chi connectivity index (χ3n) is 2.47. The van der Waals surface area contributed by atoms with Crippen LogP contribution in [0.5, 0.6) is 0 Å². The molecule has 2 aromatic carbocycles. The predicted molar refractivity (Wildman–Crippen MR) is 77.3 cm³/mol. The standard InChI is InChI=1S/C12H9Cl2N3O2/c13-8-2-1-3-11(12(8)14)16-10-5-4-7(17(18)19)6-9(10)15/h1-6,16H,15H2. The molecule has 0 fully saturated rings. The number of hydrogen-bond donors (Lipinski definition) is 2. The normalized spacial score (nSPS) is 10.2. The van der Waals surface area contributed by atoms with Crippen molar-refractivity contribution in [1.29, 1.82) is 0 Å². The number of rotatable bonds is 3. The minimum Gasteiger partial charge on any atom is -0.397 e. The topological polar surface area (TPSA) is 81.2 Å². The predicted octanol–water partition coefficient (Wildman–Crippen LogP) is 4.23. The molecule has 0 saturated carbocycles. The summed E-state index contributed by atoms with van der Waals surface area (Å²) in [4.78, 5) is 10.1. The van der Waals surface area contributed by atoms with Crippen LogP contribution in [0.1, 0.15) is 0 Å². The highest BCUT2D eigenvalue weighted by Crippen LogP contribution is 2.34. The van der Waals surface area contributed by atoms with Gasteiger partial charge in [-0.3, -0.25) is 10.1 Å². The number of nitrogens with zero attached hydrogens (tertiary/aromatic N) is 1. The van der Waals surface area contributed by atoms with Gasteiger partial charge in [0, 0.05) is 12.1 Å². The van der Waals surface area contributed by atoms with Gasteiger partial charge in [-0.2, -0.15) is 0 Å².